The summed E-state index contributed by atoms with van der Waals surface area (Å²) in [6, 6.07) is 1.80. The fourth-order valence-corrected chi connectivity index (χ4v) is 4.49. The summed E-state index contributed by atoms with van der Waals surface area (Å²) >= 11 is 0. The number of pyridine rings is 1. The third-order valence-electron chi connectivity index (χ3n) is 6.25. The number of nitro groups is 1. The Labute approximate surface area is 147 Å². The fraction of sp³-hybridized carbons (Fsp3) is 0.667. The van der Waals surface area contributed by atoms with Gasteiger partial charge in [-0.1, -0.05) is 0 Å². The van der Waals surface area contributed by atoms with E-state index in [1.54, 1.807) is 13.0 Å². The van der Waals surface area contributed by atoms with E-state index in [0.29, 0.717) is 11.5 Å². The van der Waals surface area contributed by atoms with E-state index in [-0.39, 0.29) is 17.0 Å². The first-order chi connectivity index (χ1) is 12.0. The monoisotopic (exact) mass is 344 g/mol. The van der Waals surface area contributed by atoms with Crippen molar-refractivity contribution in [3.05, 3.63) is 27.9 Å². The molecule has 0 radical (unpaired) electrons. The Balaban J connectivity index is 1.38. The fourth-order valence-electron chi connectivity index (χ4n) is 4.49. The number of aryl methyl sites for hydroxylation is 1. The molecule has 1 aromatic rings. The molecule has 2 aliphatic heterocycles. The number of piperidine rings is 1. The summed E-state index contributed by atoms with van der Waals surface area (Å²) in [4.78, 5) is 31.7. The molecular formula is C18H24N4O3. The van der Waals surface area contributed by atoms with Gasteiger partial charge in [0, 0.05) is 37.7 Å². The van der Waals surface area contributed by atoms with Gasteiger partial charge >= 0.3 is 0 Å². The number of likely N-dealkylation sites (tertiary alicyclic amines) is 1. The number of rotatable bonds is 3. The molecule has 7 heteroatoms. The molecule has 3 aliphatic rings. The van der Waals surface area contributed by atoms with Gasteiger partial charge in [0.05, 0.1) is 4.92 Å². The molecule has 134 valence electrons. The van der Waals surface area contributed by atoms with Crippen molar-refractivity contribution in [2.45, 2.75) is 39.0 Å². The second kappa shape index (κ2) is 5.97. The number of carbonyl (C=O) groups is 1. The molecular weight excluding hydrogens is 320 g/mol. The van der Waals surface area contributed by atoms with Gasteiger partial charge in [-0.2, -0.15) is 0 Å². The average Bonchev–Trinajstić information content (AvgIpc) is 3.04. The lowest BCUT2D eigenvalue weighted by Gasteiger charge is -2.34. The highest BCUT2D eigenvalue weighted by Gasteiger charge is 2.59. The smallest absolute Gasteiger partial charge is 0.290 e. The van der Waals surface area contributed by atoms with Crippen LogP contribution in [0, 0.1) is 28.4 Å². The van der Waals surface area contributed by atoms with Crippen LogP contribution < -0.4 is 4.90 Å². The maximum atomic E-state index is 12.6. The number of anilines is 1. The summed E-state index contributed by atoms with van der Waals surface area (Å²) in [6.07, 6.45) is 6.69. The van der Waals surface area contributed by atoms with Crippen LogP contribution in [0.5, 0.6) is 0 Å². The highest BCUT2D eigenvalue weighted by molar-refractivity contribution is 5.83. The van der Waals surface area contributed by atoms with Gasteiger partial charge in [0.15, 0.2) is 0 Å². The Morgan fingerprint density at radius 2 is 1.96 bits per heavy atom. The Hall–Kier alpha value is -2.18. The van der Waals surface area contributed by atoms with Crippen molar-refractivity contribution in [3.63, 3.8) is 0 Å². The molecule has 1 amide bonds. The normalized spacial score (nSPS) is 24.6. The van der Waals surface area contributed by atoms with Crippen molar-refractivity contribution in [1.29, 1.82) is 0 Å². The molecule has 2 saturated heterocycles. The Morgan fingerprint density at radius 1 is 1.28 bits per heavy atom. The van der Waals surface area contributed by atoms with E-state index in [4.69, 9.17) is 0 Å². The molecule has 1 atom stereocenters. The van der Waals surface area contributed by atoms with E-state index in [1.807, 2.05) is 4.90 Å². The molecule has 25 heavy (non-hydrogen) atoms. The van der Waals surface area contributed by atoms with E-state index in [0.717, 1.165) is 64.1 Å². The van der Waals surface area contributed by atoms with Crippen molar-refractivity contribution in [2.75, 3.05) is 31.1 Å². The molecule has 4 rings (SSSR count). The van der Waals surface area contributed by atoms with E-state index >= 15 is 0 Å². The topological polar surface area (TPSA) is 79.6 Å². The molecule has 1 spiro atoms. The van der Waals surface area contributed by atoms with E-state index in [1.165, 1.54) is 6.20 Å². The minimum atomic E-state index is -0.393. The highest BCUT2D eigenvalue weighted by Crippen LogP contribution is 2.60. The SMILES string of the molecule is Cc1cc(N2CCC3(CC2)CC3C(=O)N2CCCC2)ncc1[N+](=O)[O-]. The largest absolute Gasteiger partial charge is 0.357 e. The molecule has 1 saturated carbocycles. The first-order valence-corrected chi connectivity index (χ1v) is 9.15. The minimum absolute atomic E-state index is 0.0655. The summed E-state index contributed by atoms with van der Waals surface area (Å²) in [5.41, 5.74) is 0.908. The first kappa shape index (κ1) is 16.3. The summed E-state index contributed by atoms with van der Waals surface area (Å²) in [5, 5.41) is 10.9. The molecule has 1 aliphatic carbocycles. The van der Waals surface area contributed by atoms with Crippen molar-refractivity contribution >= 4 is 17.4 Å². The molecule has 0 N–H and O–H groups in total. The van der Waals surface area contributed by atoms with Crippen LogP contribution in [0.4, 0.5) is 11.5 Å². The second-order valence-electron chi connectivity index (χ2n) is 7.72. The number of carbonyl (C=O) groups excluding carboxylic acids is 1. The van der Waals surface area contributed by atoms with Crippen LogP contribution in [-0.2, 0) is 4.79 Å². The van der Waals surface area contributed by atoms with Crippen LogP contribution in [-0.4, -0.2) is 46.9 Å². The predicted octanol–water partition coefficient (Wildman–Crippen LogP) is 2.53. The minimum Gasteiger partial charge on any atom is -0.357 e. The first-order valence-electron chi connectivity index (χ1n) is 9.15. The Bertz CT molecular complexity index is 706. The Morgan fingerprint density at radius 3 is 2.56 bits per heavy atom. The number of nitrogens with zero attached hydrogens (tertiary/aromatic N) is 4. The van der Waals surface area contributed by atoms with Gasteiger partial charge in [0.1, 0.15) is 12.0 Å². The van der Waals surface area contributed by atoms with Gasteiger partial charge in [0.25, 0.3) is 5.69 Å². The van der Waals surface area contributed by atoms with Crippen molar-refractivity contribution < 1.29 is 9.72 Å². The van der Waals surface area contributed by atoms with E-state index in [9.17, 15) is 14.9 Å². The summed E-state index contributed by atoms with van der Waals surface area (Å²) in [6.45, 7) is 5.36. The van der Waals surface area contributed by atoms with Gasteiger partial charge in [-0.25, -0.2) is 4.98 Å². The average molecular weight is 344 g/mol. The molecule has 3 heterocycles. The summed E-state index contributed by atoms with van der Waals surface area (Å²) in [7, 11) is 0. The number of aromatic nitrogens is 1. The van der Waals surface area contributed by atoms with Gasteiger partial charge in [0.2, 0.25) is 5.91 Å². The molecule has 7 nitrogen and oxygen atoms in total. The van der Waals surface area contributed by atoms with Crippen LogP contribution >= 0.6 is 0 Å². The lowest BCUT2D eigenvalue weighted by Crippen LogP contribution is -2.38. The van der Waals surface area contributed by atoms with Crippen molar-refractivity contribution in [3.8, 4) is 0 Å². The maximum Gasteiger partial charge on any atom is 0.290 e. The molecule has 3 fully saturated rings. The second-order valence-corrected chi connectivity index (χ2v) is 7.72. The number of hydrogen-bond donors (Lipinski definition) is 0. The lowest BCUT2D eigenvalue weighted by molar-refractivity contribution is -0.385. The zero-order valence-corrected chi connectivity index (χ0v) is 14.6. The summed E-state index contributed by atoms with van der Waals surface area (Å²) in [5.74, 6) is 1.40. The van der Waals surface area contributed by atoms with Crippen LogP contribution in [0.1, 0.15) is 37.7 Å². The molecule has 0 aromatic carbocycles. The lowest BCUT2D eigenvalue weighted by atomic mass is 9.90. The standard InChI is InChI=1S/C18H24N4O3/c1-13-10-16(19-12-15(13)22(24)25)20-8-4-18(5-9-20)11-14(18)17(23)21-6-2-3-7-21/h10,12,14H,2-9,11H2,1H3. The maximum absolute atomic E-state index is 12.6. The third-order valence-corrected chi connectivity index (χ3v) is 6.25. The van der Waals surface area contributed by atoms with Crippen LogP contribution in [0.25, 0.3) is 0 Å². The number of amides is 1. The van der Waals surface area contributed by atoms with Gasteiger partial charge < -0.3 is 9.80 Å². The van der Waals surface area contributed by atoms with Crippen LogP contribution in [0.3, 0.4) is 0 Å². The van der Waals surface area contributed by atoms with Crippen molar-refractivity contribution in [2.24, 2.45) is 11.3 Å². The predicted molar refractivity (Wildman–Crippen MR) is 93.4 cm³/mol. The van der Waals surface area contributed by atoms with Crippen LogP contribution in [0.2, 0.25) is 0 Å². The molecule has 1 aromatic heterocycles. The zero-order chi connectivity index (χ0) is 17.6. The Kier molecular flexibility index (Phi) is 3.89. The van der Waals surface area contributed by atoms with Gasteiger partial charge in [-0.15, -0.1) is 0 Å². The van der Waals surface area contributed by atoms with Gasteiger partial charge in [-0.3, -0.25) is 14.9 Å². The highest BCUT2D eigenvalue weighted by atomic mass is 16.6. The van der Waals surface area contributed by atoms with E-state index in [2.05, 4.69) is 9.88 Å². The quantitative estimate of drug-likeness (QED) is 0.622. The molecule has 1 unspecified atom stereocenters. The zero-order valence-electron chi connectivity index (χ0n) is 14.6. The van der Waals surface area contributed by atoms with Crippen molar-refractivity contribution in [1.82, 2.24) is 9.88 Å². The van der Waals surface area contributed by atoms with Gasteiger partial charge in [-0.05, 0) is 50.5 Å². The summed E-state index contributed by atoms with van der Waals surface area (Å²) < 4.78 is 0. The van der Waals surface area contributed by atoms with Crippen LogP contribution in [0.15, 0.2) is 12.3 Å². The molecule has 0 bridgehead atoms. The third kappa shape index (κ3) is 2.85. The number of hydrogen-bond acceptors (Lipinski definition) is 5. The van der Waals surface area contributed by atoms with E-state index < -0.39 is 4.92 Å².